The van der Waals surface area contributed by atoms with Crippen LogP contribution in [0, 0.1) is 12.8 Å². The molecule has 0 aliphatic carbocycles. The Balaban J connectivity index is 3.00. The van der Waals surface area contributed by atoms with E-state index >= 15 is 0 Å². The van der Waals surface area contributed by atoms with Crippen molar-refractivity contribution in [3.63, 3.8) is 0 Å². The molecule has 0 aliphatic heterocycles. The highest BCUT2D eigenvalue weighted by Crippen LogP contribution is 2.24. The van der Waals surface area contributed by atoms with Gasteiger partial charge < -0.3 is 9.84 Å². The quantitative estimate of drug-likeness (QED) is 0.794. The molecule has 0 heterocycles. The molecular weight excluding hydrogens is 282 g/mol. The highest BCUT2D eigenvalue weighted by Gasteiger charge is 2.23. The lowest BCUT2D eigenvalue weighted by molar-refractivity contribution is -0.141. The number of hydrogen-bond acceptors (Lipinski definition) is 4. The predicted octanol–water partition coefficient (Wildman–Crippen LogP) is 1.39. The van der Waals surface area contributed by atoms with Gasteiger partial charge in [0, 0.05) is 6.54 Å². The molecule has 0 aliphatic rings. The Labute approximate surface area is 118 Å². The second kappa shape index (κ2) is 6.71. The van der Waals surface area contributed by atoms with Gasteiger partial charge in [-0.3, -0.25) is 4.79 Å². The minimum atomic E-state index is -3.80. The van der Waals surface area contributed by atoms with E-state index in [4.69, 9.17) is 9.84 Å². The molecule has 7 heteroatoms. The first kappa shape index (κ1) is 16.5. The third-order valence-corrected chi connectivity index (χ3v) is 4.42. The summed E-state index contributed by atoms with van der Waals surface area (Å²) in [4.78, 5) is 10.9. The molecule has 0 aromatic heterocycles. The van der Waals surface area contributed by atoms with Gasteiger partial charge in [-0.15, -0.1) is 0 Å². The normalized spacial score (nSPS) is 12.9. The van der Waals surface area contributed by atoms with Crippen molar-refractivity contribution in [2.24, 2.45) is 5.92 Å². The zero-order valence-corrected chi connectivity index (χ0v) is 12.5. The van der Waals surface area contributed by atoms with Crippen molar-refractivity contribution in [1.29, 1.82) is 0 Å². The Morgan fingerprint density at radius 3 is 2.60 bits per heavy atom. The summed E-state index contributed by atoms with van der Waals surface area (Å²) in [5.41, 5.74) is 0.774. The number of sulfonamides is 1. The van der Waals surface area contributed by atoms with Crippen molar-refractivity contribution in [2.75, 3.05) is 13.7 Å². The number of methoxy groups -OCH3 is 1. The van der Waals surface area contributed by atoms with Gasteiger partial charge in [-0.1, -0.05) is 13.0 Å². The van der Waals surface area contributed by atoms with Crippen molar-refractivity contribution in [2.45, 2.75) is 25.2 Å². The first-order chi connectivity index (χ1) is 9.31. The summed E-state index contributed by atoms with van der Waals surface area (Å²) in [5.74, 6) is -1.54. The van der Waals surface area contributed by atoms with Gasteiger partial charge >= 0.3 is 5.97 Å². The van der Waals surface area contributed by atoms with E-state index in [0.29, 0.717) is 6.42 Å². The van der Waals surface area contributed by atoms with Crippen LogP contribution in [0.2, 0.25) is 0 Å². The molecular formula is C13H19NO5S. The van der Waals surface area contributed by atoms with E-state index in [0.717, 1.165) is 5.56 Å². The number of aliphatic carboxylic acids is 1. The van der Waals surface area contributed by atoms with Gasteiger partial charge in [0.05, 0.1) is 13.0 Å². The Morgan fingerprint density at radius 2 is 2.10 bits per heavy atom. The monoisotopic (exact) mass is 301 g/mol. The van der Waals surface area contributed by atoms with Gasteiger partial charge in [0.1, 0.15) is 10.6 Å². The topological polar surface area (TPSA) is 92.7 Å². The molecule has 0 fully saturated rings. The predicted molar refractivity (Wildman–Crippen MR) is 74.3 cm³/mol. The maximum Gasteiger partial charge on any atom is 0.307 e. The van der Waals surface area contributed by atoms with Gasteiger partial charge in [0.2, 0.25) is 10.0 Å². The molecule has 0 saturated carbocycles. The minimum absolute atomic E-state index is 0.0141. The average molecular weight is 301 g/mol. The van der Waals surface area contributed by atoms with E-state index < -0.39 is 21.9 Å². The summed E-state index contributed by atoms with van der Waals surface area (Å²) in [6.45, 7) is 3.32. The SMILES string of the molecule is CCC(CNS(=O)(=O)c1cc(C)ccc1OC)C(=O)O. The van der Waals surface area contributed by atoms with Crippen molar-refractivity contribution in [3.8, 4) is 5.75 Å². The zero-order valence-electron chi connectivity index (χ0n) is 11.7. The van der Waals surface area contributed by atoms with Crippen LogP contribution in [0.5, 0.6) is 5.75 Å². The number of benzene rings is 1. The van der Waals surface area contributed by atoms with Gasteiger partial charge in [0.15, 0.2) is 0 Å². The fourth-order valence-corrected chi connectivity index (χ4v) is 3.02. The number of carboxylic acids is 1. The number of ether oxygens (including phenoxy) is 1. The molecule has 0 amide bonds. The van der Waals surface area contributed by atoms with Crippen LogP contribution in [-0.4, -0.2) is 33.1 Å². The standard InChI is InChI=1S/C13H19NO5S/c1-4-10(13(15)16)8-14-20(17,18)12-7-9(2)5-6-11(12)19-3/h5-7,10,14H,4,8H2,1-3H3,(H,15,16). The zero-order chi connectivity index (χ0) is 15.3. The molecule has 20 heavy (non-hydrogen) atoms. The van der Waals surface area contributed by atoms with Crippen LogP contribution in [-0.2, 0) is 14.8 Å². The van der Waals surface area contributed by atoms with Crippen LogP contribution in [0.25, 0.3) is 0 Å². The fraction of sp³-hybridized carbons (Fsp3) is 0.462. The molecule has 112 valence electrons. The number of rotatable bonds is 7. The Morgan fingerprint density at radius 1 is 1.45 bits per heavy atom. The first-order valence-electron chi connectivity index (χ1n) is 6.19. The van der Waals surface area contributed by atoms with Crippen molar-refractivity contribution >= 4 is 16.0 Å². The lowest BCUT2D eigenvalue weighted by atomic mass is 10.1. The molecule has 2 N–H and O–H groups in total. The van der Waals surface area contributed by atoms with E-state index in [1.54, 1.807) is 26.0 Å². The number of aryl methyl sites for hydroxylation is 1. The van der Waals surface area contributed by atoms with Crippen molar-refractivity contribution < 1.29 is 23.1 Å². The molecule has 1 rings (SSSR count). The Bertz CT molecular complexity index is 582. The number of carboxylic acid groups (broad SMARTS) is 1. The third-order valence-electron chi connectivity index (χ3n) is 2.97. The first-order valence-corrected chi connectivity index (χ1v) is 7.67. The van der Waals surface area contributed by atoms with E-state index in [1.165, 1.54) is 13.2 Å². The third kappa shape index (κ3) is 3.94. The van der Waals surface area contributed by atoms with Crippen LogP contribution in [0.1, 0.15) is 18.9 Å². The maximum atomic E-state index is 12.2. The van der Waals surface area contributed by atoms with Gasteiger partial charge in [0.25, 0.3) is 0 Å². The van der Waals surface area contributed by atoms with Gasteiger partial charge in [-0.2, -0.15) is 0 Å². The van der Waals surface area contributed by atoms with Crippen LogP contribution >= 0.6 is 0 Å². The molecule has 1 unspecified atom stereocenters. The van der Waals surface area contributed by atoms with Crippen molar-refractivity contribution in [1.82, 2.24) is 4.72 Å². The summed E-state index contributed by atoms with van der Waals surface area (Å²) < 4.78 is 31.8. The molecule has 0 saturated heterocycles. The molecule has 0 radical (unpaired) electrons. The van der Waals surface area contributed by atoms with Crippen molar-refractivity contribution in [3.05, 3.63) is 23.8 Å². The lowest BCUT2D eigenvalue weighted by Gasteiger charge is -2.14. The summed E-state index contributed by atoms with van der Waals surface area (Å²) in [7, 11) is -2.42. The summed E-state index contributed by atoms with van der Waals surface area (Å²) >= 11 is 0. The smallest absolute Gasteiger partial charge is 0.307 e. The Hall–Kier alpha value is -1.60. The fourth-order valence-electron chi connectivity index (χ4n) is 1.69. The van der Waals surface area contributed by atoms with Gasteiger partial charge in [-0.25, -0.2) is 13.1 Å². The molecule has 0 bridgehead atoms. The summed E-state index contributed by atoms with van der Waals surface area (Å²) in [6, 6.07) is 4.80. The lowest BCUT2D eigenvalue weighted by Crippen LogP contribution is -2.32. The highest BCUT2D eigenvalue weighted by atomic mass is 32.2. The second-order valence-corrected chi connectivity index (χ2v) is 6.18. The van der Waals surface area contributed by atoms with E-state index in [1.807, 2.05) is 0 Å². The van der Waals surface area contributed by atoms with Crippen LogP contribution < -0.4 is 9.46 Å². The molecule has 6 nitrogen and oxygen atoms in total. The van der Waals surface area contributed by atoms with Crippen LogP contribution in [0.3, 0.4) is 0 Å². The number of carbonyl (C=O) groups is 1. The molecule has 1 atom stereocenters. The number of hydrogen-bond donors (Lipinski definition) is 2. The van der Waals surface area contributed by atoms with E-state index in [2.05, 4.69) is 4.72 Å². The van der Waals surface area contributed by atoms with E-state index in [-0.39, 0.29) is 17.2 Å². The molecule has 0 spiro atoms. The average Bonchev–Trinajstić information content (AvgIpc) is 2.38. The largest absolute Gasteiger partial charge is 0.495 e. The van der Waals surface area contributed by atoms with Crippen LogP contribution in [0.15, 0.2) is 23.1 Å². The number of nitrogens with one attached hydrogen (secondary N) is 1. The minimum Gasteiger partial charge on any atom is -0.495 e. The summed E-state index contributed by atoms with van der Waals surface area (Å²) in [5, 5.41) is 8.93. The Kier molecular flexibility index (Phi) is 5.52. The maximum absolute atomic E-state index is 12.2. The van der Waals surface area contributed by atoms with E-state index in [9.17, 15) is 13.2 Å². The van der Waals surface area contributed by atoms with Gasteiger partial charge in [-0.05, 0) is 31.0 Å². The molecule has 1 aromatic rings. The van der Waals surface area contributed by atoms with Crippen LogP contribution in [0.4, 0.5) is 0 Å². The molecule has 1 aromatic carbocycles. The highest BCUT2D eigenvalue weighted by molar-refractivity contribution is 7.89. The summed E-state index contributed by atoms with van der Waals surface area (Å²) in [6.07, 6.45) is 0.350. The second-order valence-electron chi connectivity index (χ2n) is 4.45.